The smallest absolute Gasteiger partial charge is 0.315 e. The van der Waals surface area contributed by atoms with Gasteiger partial charge in [0, 0.05) is 17.7 Å². The largest absolute Gasteiger partial charge is 0.371 e. The quantitative estimate of drug-likeness (QED) is 0.843. The van der Waals surface area contributed by atoms with Gasteiger partial charge in [0.15, 0.2) is 0 Å². The van der Waals surface area contributed by atoms with E-state index in [-0.39, 0.29) is 24.2 Å². The molecule has 0 saturated carbocycles. The van der Waals surface area contributed by atoms with Crippen molar-refractivity contribution in [2.75, 3.05) is 6.61 Å². The molecule has 0 aromatic heterocycles. The number of carbonyl (C=O) groups excluding carboxylic acids is 1. The molecule has 1 fully saturated rings. The number of carbonyl (C=O) groups is 1. The van der Waals surface area contributed by atoms with E-state index in [0.717, 1.165) is 24.8 Å². The molecule has 5 heteroatoms. The molecular weight excluding hydrogens is 288 g/mol. The van der Waals surface area contributed by atoms with Gasteiger partial charge in [-0.1, -0.05) is 35.9 Å². The van der Waals surface area contributed by atoms with E-state index in [1.807, 2.05) is 24.3 Å². The fourth-order valence-corrected chi connectivity index (χ4v) is 2.97. The first kappa shape index (κ1) is 14.4. The van der Waals surface area contributed by atoms with Crippen LogP contribution >= 0.6 is 11.6 Å². The van der Waals surface area contributed by atoms with Crippen LogP contribution in [0.5, 0.6) is 0 Å². The predicted octanol–water partition coefficient (Wildman–Crippen LogP) is 3.19. The first-order valence-corrected chi connectivity index (χ1v) is 7.69. The van der Waals surface area contributed by atoms with Crippen LogP contribution in [0.3, 0.4) is 0 Å². The highest BCUT2D eigenvalue weighted by Crippen LogP contribution is 2.29. The van der Waals surface area contributed by atoms with Gasteiger partial charge in [0.05, 0.1) is 6.04 Å². The van der Waals surface area contributed by atoms with Crippen LogP contribution in [-0.4, -0.2) is 24.7 Å². The Bertz CT molecular complexity index is 522. The Morgan fingerprint density at radius 2 is 1.86 bits per heavy atom. The van der Waals surface area contributed by atoms with Crippen molar-refractivity contribution in [1.29, 1.82) is 0 Å². The van der Waals surface area contributed by atoms with Crippen molar-refractivity contribution >= 4 is 17.6 Å². The van der Waals surface area contributed by atoms with Crippen molar-refractivity contribution in [1.82, 2.24) is 10.6 Å². The number of benzene rings is 1. The van der Waals surface area contributed by atoms with Gasteiger partial charge >= 0.3 is 6.03 Å². The van der Waals surface area contributed by atoms with Gasteiger partial charge in [0.1, 0.15) is 6.10 Å². The molecule has 2 aliphatic rings. The number of hydrogen-bond donors (Lipinski definition) is 2. The van der Waals surface area contributed by atoms with Crippen LogP contribution in [0.2, 0.25) is 5.02 Å². The summed E-state index contributed by atoms with van der Waals surface area (Å²) >= 11 is 5.91. The lowest BCUT2D eigenvalue weighted by molar-refractivity contribution is 0.0998. The van der Waals surface area contributed by atoms with Crippen molar-refractivity contribution in [3.05, 3.63) is 47.0 Å². The van der Waals surface area contributed by atoms with Crippen molar-refractivity contribution in [3.63, 3.8) is 0 Å². The number of rotatable bonds is 3. The SMILES string of the molecule is O=C(NC1CC=CC1)NC1CCOC1c1ccc(Cl)cc1. The third-order valence-electron chi connectivity index (χ3n) is 3.95. The van der Waals surface area contributed by atoms with Crippen LogP contribution in [0.1, 0.15) is 30.9 Å². The number of urea groups is 1. The molecule has 2 amide bonds. The maximum absolute atomic E-state index is 12.1. The Labute approximate surface area is 129 Å². The molecule has 2 N–H and O–H groups in total. The van der Waals surface area contributed by atoms with E-state index in [1.54, 1.807) is 0 Å². The highest BCUT2D eigenvalue weighted by atomic mass is 35.5. The van der Waals surface area contributed by atoms with Crippen LogP contribution in [0.4, 0.5) is 4.79 Å². The van der Waals surface area contributed by atoms with Crippen LogP contribution in [-0.2, 0) is 4.74 Å². The van der Waals surface area contributed by atoms with Gasteiger partial charge in [-0.25, -0.2) is 4.79 Å². The zero-order valence-electron chi connectivity index (χ0n) is 11.7. The first-order valence-electron chi connectivity index (χ1n) is 7.31. The number of amides is 2. The molecule has 21 heavy (non-hydrogen) atoms. The first-order chi connectivity index (χ1) is 10.2. The van der Waals surface area contributed by atoms with Crippen molar-refractivity contribution < 1.29 is 9.53 Å². The van der Waals surface area contributed by atoms with Gasteiger partial charge in [-0.3, -0.25) is 0 Å². The molecule has 0 bridgehead atoms. The summed E-state index contributed by atoms with van der Waals surface area (Å²) in [6.45, 7) is 0.656. The van der Waals surface area contributed by atoms with E-state index in [1.165, 1.54) is 0 Å². The summed E-state index contributed by atoms with van der Waals surface area (Å²) in [4.78, 5) is 12.1. The summed E-state index contributed by atoms with van der Waals surface area (Å²) in [5, 5.41) is 6.73. The van der Waals surface area contributed by atoms with E-state index in [9.17, 15) is 4.79 Å². The predicted molar refractivity (Wildman–Crippen MR) is 82.4 cm³/mol. The molecule has 0 spiro atoms. The highest BCUT2D eigenvalue weighted by Gasteiger charge is 2.31. The van der Waals surface area contributed by atoms with Gasteiger partial charge in [-0.15, -0.1) is 0 Å². The number of ether oxygens (including phenoxy) is 1. The molecule has 1 heterocycles. The molecule has 3 rings (SSSR count). The Balaban J connectivity index is 1.58. The summed E-state index contributed by atoms with van der Waals surface area (Å²) in [6, 6.07) is 7.71. The van der Waals surface area contributed by atoms with Crippen LogP contribution in [0.15, 0.2) is 36.4 Å². The normalized spacial score (nSPS) is 25.2. The van der Waals surface area contributed by atoms with Gasteiger partial charge in [0.2, 0.25) is 0 Å². The molecule has 1 aliphatic carbocycles. The lowest BCUT2D eigenvalue weighted by Crippen LogP contribution is -2.46. The molecule has 112 valence electrons. The van der Waals surface area contributed by atoms with Crippen molar-refractivity contribution in [2.24, 2.45) is 0 Å². The zero-order valence-corrected chi connectivity index (χ0v) is 12.5. The molecule has 0 radical (unpaired) electrons. The zero-order chi connectivity index (χ0) is 14.7. The monoisotopic (exact) mass is 306 g/mol. The molecule has 1 aliphatic heterocycles. The van der Waals surface area contributed by atoms with E-state index in [0.29, 0.717) is 11.6 Å². The molecule has 1 aromatic carbocycles. The maximum Gasteiger partial charge on any atom is 0.315 e. The van der Waals surface area contributed by atoms with Gasteiger partial charge in [0.25, 0.3) is 0 Å². The second-order valence-electron chi connectivity index (χ2n) is 5.50. The van der Waals surface area contributed by atoms with Crippen LogP contribution < -0.4 is 10.6 Å². The maximum atomic E-state index is 12.1. The minimum atomic E-state index is -0.113. The van der Waals surface area contributed by atoms with E-state index < -0.39 is 0 Å². The Morgan fingerprint density at radius 1 is 1.14 bits per heavy atom. The third kappa shape index (κ3) is 3.57. The lowest BCUT2D eigenvalue weighted by atomic mass is 10.0. The Morgan fingerprint density at radius 3 is 2.57 bits per heavy atom. The fraction of sp³-hybridized carbons (Fsp3) is 0.438. The summed E-state index contributed by atoms with van der Waals surface area (Å²) in [6.07, 6.45) is 6.74. The van der Waals surface area contributed by atoms with E-state index in [4.69, 9.17) is 16.3 Å². The number of nitrogens with one attached hydrogen (secondary N) is 2. The fourth-order valence-electron chi connectivity index (χ4n) is 2.85. The standard InChI is InChI=1S/C16H19ClN2O2/c17-12-7-5-11(6-8-12)15-14(9-10-21-15)19-16(20)18-13-3-1-2-4-13/h1-2,5-8,13-15H,3-4,9-10H2,(H2,18,19,20). The topological polar surface area (TPSA) is 50.4 Å². The molecule has 2 atom stereocenters. The number of hydrogen-bond acceptors (Lipinski definition) is 2. The lowest BCUT2D eigenvalue weighted by Gasteiger charge is -2.22. The van der Waals surface area contributed by atoms with E-state index >= 15 is 0 Å². The Kier molecular flexibility index (Phi) is 4.46. The van der Waals surface area contributed by atoms with Gasteiger partial charge in [-0.2, -0.15) is 0 Å². The summed E-state index contributed by atoms with van der Waals surface area (Å²) in [5.74, 6) is 0. The molecule has 1 saturated heterocycles. The Hall–Kier alpha value is -1.52. The molecule has 4 nitrogen and oxygen atoms in total. The number of halogens is 1. The van der Waals surface area contributed by atoms with Gasteiger partial charge in [-0.05, 0) is 37.0 Å². The third-order valence-corrected chi connectivity index (χ3v) is 4.20. The minimum Gasteiger partial charge on any atom is -0.371 e. The molecule has 2 unspecified atom stereocenters. The average molecular weight is 307 g/mol. The average Bonchev–Trinajstić information content (AvgIpc) is 3.11. The van der Waals surface area contributed by atoms with Crippen LogP contribution in [0.25, 0.3) is 0 Å². The second-order valence-corrected chi connectivity index (χ2v) is 5.93. The minimum absolute atomic E-state index is 0.000498. The summed E-state index contributed by atoms with van der Waals surface area (Å²) in [7, 11) is 0. The molecule has 1 aromatic rings. The van der Waals surface area contributed by atoms with Crippen molar-refractivity contribution in [3.8, 4) is 0 Å². The van der Waals surface area contributed by atoms with E-state index in [2.05, 4.69) is 22.8 Å². The van der Waals surface area contributed by atoms with Gasteiger partial charge < -0.3 is 15.4 Å². The summed E-state index contributed by atoms with van der Waals surface area (Å²) < 4.78 is 5.76. The summed E-state index contributed by atoms with van der Waals surface area (Å²) in [5.41, 5.74) is 1.05. The second kappa shape index (κ2) is 6.50. The van der Waals surface area contributed by atoms with Crippen molar-refractivity contribution in [2.45, 2.75) is 37.5 Å². The molecular formula is C16H19ClN2O2. The highest BCUT2D eigenvalue weighted by molar-refractivity contribution is 6.30. The van der Waals surface area contributed by atoms with Crippen LogP contribution in [0, 0.1) is 0 Å².